The standard InChI is InChI=1S/C15H26NO/c1-3-5-6-7-8-12-17-14-16-11-9-10-15(4-2)13-16/h9-11,13H,3-8,12,14H2,1-2H3/q+1. The summed E-state index contributed by atoms with van der Waals surface area (Å²) in [6, 6.07) is 4.24. The van der Waals surface area contributed by atoms with Gasteiger partial charge in [-0.05, 0) is 18.9 Å². The number of hydrogen-bond donors (Lipinski definition) is 0. The van der Waals surface area contributed by atoms with Crippen molar-refractivity contribution in [1.82, 2.24) is 0 Å². The molecule has 2 nitrogen and oxygen atoms in total. The van der Waals surface area contributed by atoms with Crippen molar-refractivity contribution in [2.75, 3.05) is 6.61 Å². The van der Waals surface area contributed by atoms with Crippen LogP contribution in [0.5, 0.6) is 0 Å². The lowest BCUT2D eigenvalue weighted by molar-refractivity contribution is -0.733. The molecule has 0 aliphatic carbocycles. The average Bonchev–Trinajstić information content (AvgIpc) is 2.38. The van der Waals surface area contributed by atoms with E-state index in [1.807, 2.05) is 0 Å². The summed E-state index contributed by atoms with van der Waals surface area (Å²) in [5.74, 6) is 0. The van der Waals surface area contributed by atoms with Crippen LogP contribution in [-0.2, 0) is 17.9 Å². The third kappa shape index (κ3) is 6.42. The molecule has 0 aliphatic rings. The molecule has 0 N–H and O–H groups in total. The van der Waals surface area contributed by atoms with Crippen LogP contribution in [0.1, 0.15) is 51.5 Å². The molecule has 0 saturated carbocycles. The van der Waals surface area contributed by atoms with Gasteiger partial charge in [0.05, 0.1) is 6.61 Å². The van der Waals surface area contributed by atoms with Crippen molar-refractivity contribution in [2.45, 2.75) is 59.1 Å². The van der Waals surface area contributed by atoms with Gasteiger partial charge in [-0.3, -0.25) is 0 Å². The molecule has 0 atom stereocenters. The van der Waals surface area contributed by atoms with E-state index in [1.165, 1.54) is 37.7 Å². The van der Waals surface area contributed by atoms with Gasteiger partial charge >= 0.3 is 0 Å². The molecule has 0 amide bonds. The normalized spacial score (nSPS) is 10.7. The lowest BCUT2D eigenvalue weighted by atomic mass is 10.2. The van der Waals surface area contributed by atoms with Gasteiger partial charge in [0.25, 0.3) is 6.73 Å². The number of aromatic nitrogens is 1. The molecule has 1 aromatic heterocycles. The molecule has 1 aromatic rings. The first-order chi connectivity index (χ1) is 8.36. The highest BCUT2D eigenvalue weighted by atomic mass is 16.5. The first-order valence-corrected chi connectivity index (χ1v) is 6.92. The van der Waals surface area contributed by atoms with E-state index in [2.05, 4.69) is 42.9 Å². The second-order valence-corrected chi connectivity index (χ2v) is 4.53. The number of ether oxygens (including phenoxy) is 1. The molecule has 0 unspecified atom stereocenters. The van der Waals surface area contributed by atoms with E-state index in [4.69, 9.17) is 4.74 Å². The number of hydrogen-bond acceptors (Lipinski definition) is 1. The Morgan fingerprint density at radius 3 is 2.71 bits per heavy atom. The highest BCUT2D eigenvalue weighted by Crippen LogP contribution is 2.02. The van der Waals surface area contributed by atoms with E-state index >= 15 is 0 Å². The van der Waals surface area contributed by atoms with Gasteiger partial charge in [-0.2, -0.15) is 4.57 Å². The fourth-order valence-corrected chi connectivity index (χ4v) is 1.84. The van der Waals surface area contributed by atoms with Crippen molar-refractivity contribution >= 4 is 0 Å². The minimum atomic E-state index is 0.682. The summed E-state index contributed by atoms with van der Waals surface area (Å²) in [7, 11) is 0. The second-order valence-electron chi connectivity index (χ2n) is 4.53. The molecule has 96 valence electrons. The average molecular weight is 236 g/mol. The third-order valence-electron chi connectivity index (χ3n) is 2.96. The van der Waals surface area contributed by atoms with Crippen LogP contribution in [0.15, 0.2) is 24.5 Å². The number of unbranched alkanes of at least 4 members (excludes halogenated alkanes) is 4. The Balaban J connectivity index is 2.09. The maximum atomic E-state index is 5.66. The van der Waals surface area contributed by atoms with Crippen LogP contribution in [0.2, 0.25) is 0 Å². The fraction of sp³-hybridized carbons (Fsp3) is 0.667. The summed E-state index contributed by atoms with van der Waals surface area (Å²) in [5.41, 5.74) is 1.36. The van der Waals surface area contributed by atoms with Gasteiger partial charge < -0.3 is 4.74 Å². The van der Waals surface area contributed by atoms with Crippen molar-refractivity contribution < 1.29 is 9.30 Å². The van der Waals surface area contributed by atoms with E-state index in [0.717, 1.165) is 13.0 Å². The predicted molar refractivity (Wildman–Crippen MR) is 70.7 cm³/mol. The van der Waals surface area contributed by atoms with Gasteiger partial charge in [0, 0.05) is 11.6 Å². The third-order valence-corrected chi connectivity index (χ3v) is 2.96. The van der Waals surface area contributed by atoms with Crippen molar-refractivity contribution in [3.8, 4) is 0 Å². The Bertz CT molecular complexity index is 299. The van der Waals surface area contributed by atoms with Gasteiger partial charge in [0.2, 0.25) is 0 Å². The van der Waals surface area contributed by atoms with E-state index in [0.29, 0.717) is 6.73 Å². The van der Waals surface area contributed by atoms with Gasteiger partial charge in [0.15, 0.2) is 12.4 Å². The lowest BCUT2D eigenvalue weighted by Gasteiger charge is -2.02. The Labute approximate surface area is 106 Å². The second kappa shape index (κ2) is 9.17. The molecular formula is C15H26NO+. The monoisotopic (exact) mass is 236 g/mol. The van der Waals surface area contributed by atoms with Gasteiger partial charge in [-0.1, -0.05) is 39.5 Å². The molecule has 0 saturated heterocycles. The minimum Gasteiger partial charge on any atom is -0.323 e. The van der Waals surface area contributed by atoms with Gasteiger partial charge in [-0.25, -0.2) is 0 Å². The van der Waals surface area contributed by atoms with Crippen LogP contribution in [-0.4, -0.2) is 6.61 Å². The van der Waals surface area contributed by atoms with Crippen LogP contribution in [0.4, 0.5) is 0 Å². The number of rotatable bonds is 9. The molecule has 0 spiro atoms. The smallest absolute Gasteiger partial charge is 0.252 e. The first-order valence-electron chi connectivity index (χ1n) is 6.92. The van der Waals surface area contributed by atoms with Crippen LogP contribution in [0, 0.1) is 0 Å². The van der Waals surface area contributed by atoms with Crippen LogP contribution in [0.3, 0.4) is 0 Å². The predicted octanol–water partition coefficient (Wildman–Crippen LogP) is 3.48. The van der Waals surface area contributed by atoms with E-state index < -0.39 is 0 Å². The zero-order chi connectivity index (χ0) is 12.3. The number of aryl methyl sites for hydroxylation is 1. The topological polar surface area (TPSA) is 13.1 Å². The molecule has 1 heterocycles. The highest BCUT2D eigenvalue weighted by Gasteiger charge is 2.00. The summed E-state index contributed by atoms with van der Waals surface area (Å²) < 4.78 is 7.78. The van der Waals surface area contributed by atoms with Crippen molar-refractivity contribution in [1.29, 1.82) is 0 Å². The quantitative estimate of drug-likeness (QED) is 0.472. The summed E-state index contributed by atoms with van der Waals surface area (Å²) >= 11 is 0. The summed E-state index contributed by atoms with van der Waals surface area (Å²) in [6.45, 7) is 5.98. The Kier molecular flexibility index (Phi) is 7.65. The molecule has 0 radical (unpaired) electrons. The zero-order valence-electron chi connectivity index (χ0n) is 11.3. The minimum absolute atomic E-state index is 0.682. The van der Waals surface area contributed by atoms with Crippen LogP contribution < -0.4 is 4.57 Å². The molecule has 0 aromatic carbocycles. The molecule has 17 heavy (non-hydrogen) atoms. The highest BCUT2D eigenvalue weighted by molar-refractivity contribution is 5.04. The largest absolute Gasteiger partial charge is 0.323 e. The van der Waals surface area contributed by atoms with Crippen molar-refractivity contribution in [2.24, 2.45) is 0 Å². The SMILES string of the molecule is CCCCCCCOC[n+]1cccc(CC)c1. The molecular weight excluding hydrogens is 210 g/mol. The van der Waals surface area contributed by atoms with Crippen molar-refractivity contribution in [3.63, 3.8) is 0 Å². The lowest BCUT2D eigenvalue weighted by Crippen LogP contribution is -2.34. The summed E-state index contributed by atoms with van der Waals surface area (Å²) in [6.07, 6.45) is 11.8. The fourth-order valence-electron chi connectivity index (χ4n) is 1.84. The Hall–Kier alpha value is -0.890. The van der Waals surface area contributed by atoms with E-state index in [9.17, 15) is 0 Å². The number of nitrogens with zero attached hydrogens (tertiary/aromatic N) is 1. The summed E-state index contributed by atoms with van der Waals surface area (Å²) in [5, 5.41) is 0. The maximum absolute atomic E-state index is 5.66. The molecule has 0 fully saturated rings. The summed E-state index contributed by atoms with van der Waals surface area (Å²) in [4.78, 5) is 0. The first kappa shape index (κ1) is 14.2. The molecule has 2 heteroatoms. The Morgan fingerprint density at radius 2 is 1.94 bits per heavy atom. The Morgan fingerprint density at radius 1 is 1.12 bits per heavy atom. The van der Waals surface area contributed by atoms with Crippen LogP contribution in [0.25, 0.3) is 0 Å². The number of pyridine rings is 1. The van der Waals surface area contributed by atoms with E-state index in [-0.39, 0.29) is 0 Å². The molecule has 1 rings (SSSR count). The van der Waals surface area contributed by atoms with Crippen molar-refractivity contribution in [3.05, 3.63) is 30.1 Å². The zero-order valence-corrected chi connectivity index (χ0v) is 11.3. The maximum Gasteiger partial charge on any atom is 0.252 e. The van der Waals surface area contributed by atoms with E-state index in [1.54, 1.807) is 0 Å². The van der Waals surface area contributed by atoms with Crippen LogP contribution >= 0.6 is 0 Å². The molecule has 0 aliphatic heterocycles. The van der Waals surface area contributed by atoms with Gasteiger partial charge in [0.1, 0.15) is 0 Å². The molecule has 0 bridgehead atoms. The van der Waals surface area contributed by atoms with Gasteiger partial charge in [-0.15, -0.1) is 0 Å².